The minimum absolute atomic E-state index is 0.0172. The first-order chi connectivity index (χ1) is 11.4. The number of carbonyl (C=O) groups excluding carboxylic acids is 1. The lowest BCUT2D eigenvalue weighted by Crippen LogP contribution is -2.16. The van der Waals surface area contributed by atoms with Crippen molar-refractivity contribution in [1.29, 1.82) is 0 Å². The summed E-state index contributed by atoms with van der Waals surface area (Å²) in [6.45, 7) is 5.72. The van der Waals surface area contributed by atoms with E-state index in [0.29, 0.717) is 11.1 Å². The van der Waals surface area contributed by atoms with Gasteiger partial charge >= 0.3 is 11.6 Å². The van der Waals surface area contributed by atoms with Gasteiger partial charge in [0, 0.05) is 22.7 Å². The number of fused-ring (bicyclic) bond motifs is 1. The largest absolute Gasteiger partial charge is 0.459 e. The first kappa shape index (κ1) is 16.0. The van der Waals surface area contributed by atoms with E-state index in [1.807, 2.05) is 39.0 Å². The second kappa shape index (κ2) is 6.31. The number of benzene rings is 1. The van der Waals surface area contributed by atoms with E-state index >= 15 is 0 Å². The van der Waals surface area contributed by atoms with Crippen LogP contribution in [0.5, 0.6) is 0 Å². The molecule has 124 valence electrons. The fraction of sp³-hybridized carbons (Fsp3) is 0.278. The average molecular weight is 326 g/mol. The molecule has 24 heavy (non-hydrogen) atoms. The number of nitrogens with zero attached hydrogens (tertiary/aromatic N) is 2. The third-order valence-electron chi connectivity index (χ3n) is 3.76. The molecule has 0 fully saturated rings. The maximum absolute atomic E-state index is 12.0. The van der Waals surface area contributed by atoms with Gasteiger partial charge in [-0.3, -0.25) is 9.48 Å². The number of rotatable bonds is 4. The summed E-state index contributed by atoms with van der Waals surface area (Å²) in [5.74, 6) is -0.408. The molecule has 0 bridgehead atoms. The molecular weight excluding hydrogens is 308 g/mol. The molecule has 3 rings (SSSR count). The van der Waals surface area contributed by atoms with Crippen molar-refractivity contribution in [2.75, 3.05) is 0 Å². The number of aromatic nitrogens is 2. The normalized spacial score (nSPS) is 11.0. The highest BCUT2D eigenvalue weighted by molar-refractivity contribution is 5.81. The minimum Gasteiger partial charge on any atom is -0.459 e. The van der Waals surface area contributed by atoms with Crippen molar-refractivity contribution in [1.82, 2.24) is 9.78 Å². The van der Waals surface area contributed by atoms with Gasteiger partial charge in [-0.25, -0.2) is 4.79 Å². The quantitative estimate of drug-likeness (QED) is 0.544. The van der Waals surface area contributed by atoms with E-state index in [0.717, 1.165) is 22.3 Å². The van der Waals surface area contributed by atoms with Crippen LogP contribution < -0.4 is 5.63 Å². The molecule has 0 amide bonds. The van der Waals surface area contributed by atoms with Gasteiger partial charge in [0.05, 0.1) is 5.69 Å². The Balaban J connectivity index is 1.77. The summed E-state index contributed by atoms with van der Waals surface area (Å²) < 4.78 is 12.1. The van der Waals surface area contributed by atoms with Gasteiger partial charge in [-0.05, 0) is 38.5 Å². The average Bonchev–Trinajstić information content (AvgIpc) is 2.81. The molecule has 0 atom stereocenters. The van der Waals surface area contributed by atoms with Gasteiger partial charge in [0.1, 0.15) is 18.7 Å². The van der Waals surface area contributed by atoms with E-state index in [1.165, 1.54) is 6.07 Å². The van der Waals surface area contributed by atoms with Crippen molar-refractivity contribution < 1.29 is 13.9 Å². The zero-order chi connectivity index (χ0) is 17.3. The lowest BCUT2D eigenvalue weighted by atomic mass is 10.1. The van der Waals surface area contributed by atoms with Crippen LogP contribution in [-0.4, -0.2) is 15.7 Å². The summed E-state index contributed by atoms with van der Waals surface area (Å²) in [5, 5.41) is 4.99. The smallest absolute Gasteiger partial charge is 0.336 e. The number of aryl methyl sites for hydroxylation is 3. The van der Waals surface area contributed by atoms with Crippen molar-refractivity contribution in [3.63, 3.8) is 0 Å². The molecule has 0 N–H and O–H groups in total. The molecule has 0 aliphatic heterocycles. The van der Waals surface area contributed by atoms with Crippen LogP contribution in [0.15, 0.2) is 39.5 Å². The molecule has 6 nitrogen and oxygen atoms in total. The summed E-state index contributed by atoms with van der Waals surface area (Å²) in [4.78, 5) is 23.7. The number of hydrogen-bond donors (Lipinski definition) is 0. The Kier molecular flexibility index (Phi) is 4.20. The lowest BCUT2D eigenvalue weighted by molar-refractivity contribution is -0.145. The van der Waals surface area contributed by atoms with Crippen LogP contribution in [0.25, 0.3) is 11.0 Å². The molecule has 0 aliphatic rings. The Morgan fingerprint density at radius 1 is 1.21 bits per heavy atom. The van der Waals surface area contributed by atoms with Crippen LogP contribution in [0.3, 0.4) is 0 Å². The molecule has 6 heteroatoms. The van der Waals surface area contributed by atoms with Crippen molar-refractivity contribution in [2.24, 2.45) is 0 Å². The predicted octanol–water partition coefficient (Wildman–Crippen LogP) is 2.66. The molecule has 0 saturated carbocycles. The third kappa shape index (κ3) is 3.37. The Morgan fingerprint density at radius 2 is 2.00 bits per heavy atom. The summed E-state index contributed by atoms with van der Waals surface area (Å²) in [6.07, 6.45) is 0. The summed E-state index contributed by atoms with van der Waals surface area (Å²) in [5.41, 5.74) is 3.39. The molecule has 0 unspecified atom stereocenters. The number of esters is 1. The van der Waals surface area contributed by atoms with Gasteiger partial charge in [-0.1, -0.05) is 12.1 Å². The van der Waals surface area contributed by atoms with Crippen LogP contribution in [0.2, 0.25) is 0 Å². The fourth-order valence-electron chi connectivity index (χ4n) is 2.62. The lowest BCUT2D eigenvalue weighted by Gasteiger charge is -2.08. The van der Waals surface area contributed by atoms with Crippen LogP contribution >= 0.6 is 0 Å². The molecule has 0 saturated heterocycles. The second-order valence-electron chi connectivity index (χ2n) is 5.84. The molecule has 0 radical (unpaired) electrons. The van der Waals surface area contributed by atoms with Crippen molar-refractivity contribution in [3.05, 3.63) is 63.3 Å². The van der Waals surface area contributed by atoms with Gasteiger partial charge in [-0.15, -0.1) is 0 Å². The third-order valence-corrected chi connectivity index (χ3v) is 3.76. The fourth-order valence-corrected chi connectivity index (χ4v) is 2.62. The van der Waals surface area contributed by atoms with E-state index in [4.69, 9.17) is 9.15 Å². The Hall–Kier alpha value is -2.89. The zero-order valence-corrected chi connectivity index (χ0v) is 13.8. The maximum atomic E-state index is 12.0. The van der Waals surface area contributed by atoms with Gasteiger partial charge in [-0.2, -0.15) is 5.10 Å². The molecule has 1 aromatic carbocycles. The number of carbonyl (C=O) groups is 1. The van der Waals surface area contributed by atoms with Gasteiger partial charge in [0.15, 0.2) is 0 Å². The van der Waals surface area contributed by atoms with E-state index in [9.17, 15) is 9.59 Å². The van der Waals surface area contributed by atoms with Crippen LogP contribution in [0.4, 0.5) is 0 Å². The monoisotopic (exact) mass is 326 g/mol. The van der Waals surface area contributed by atoms with Crippen LogP contribution in [-0.2, 0) is 22.7 Å². The summed E-state index contributed by atoms with van der Waals surface area (Å²) >= 11 is 0. The van der Waals surface area contributed by atoms with E-state index < -0.39 is 11.6 Å². The second-order valence-corrected chi connectivity index (χ2v) is 5.84. The maximum Gasteiger partial charge on any atom is 0.336 e. The van der Waals surface area contributed by atoms with Crippen LogP contribution in [0.1, 0.15) is 22.5 Å². The predicted molar refractivity (Wildman–Crippen MR) is 88.7 cm³/mol. The highest BCUT2D eigenvalue weighted by atomic mass is 16.5. The summed E-state index contributed by atoms with van der Waals surface area (Å²) in [6, 6.07) is 8.82. The topological polar surface area (TPSA) is 74.3 Å². The number of hydrogen-bond acceptors (Lipinski definition) is 5. The SMILES string of the molecule is Cc1ccc2c(COC(=O)Cn3nc(C)cc3C)cc(=O)oc2c1. The van der Waals surface area contributed by atoms with Crippen LogP contribution in [0, 0.1) is 20.8 Å². The van der Waals surface area contributed by atoms with E-state index in [2.05, 4.69) is 5.10 Å². The highest BCUT2D eigenvalue weighted by Gasteiger charge is 2.11. The Bertz CT molecular complexity index is 969. The van der Waals surface area contributed by atoms with Gasteiger partial charge in [0.2, 0.25) is 0 Å². The molecule has 2 heterocycles. The first-order valence-corrected chi connectivity index (χ1v) is 7.62. The van der Waals surface area contributed by atoms with Gasteiger partial charge in [0.25, 0.3) is 0 Å². The molecule has 3 aromatic rings. The standard InChI is InChI=1S/C18H18N2O4/c1-11-4-5-15-14(8-17(21)24-16(15)6-11)10-23-18(22)9-20-13(3)7-12(2)19-20/h4-8H,9-10H2,1-3H3. The van der Waals surface area contributed by atoms with E-state index in [1.54, 1.807) is 10.7 Å². The molecule has 0 aliphatic carbocycles. The molecular formula is C18H18N2O4. The minimum atomic E-state index is -0.460. The van der Waals surface area contributed by atoms with Gasteiger partial charge < -0.3 is 9.15 Å². The van der Waals surface area contributed by atoms with Crippen molar-refractivity contribution >= 4 is 16.9 Å². The van der Waals surface area contributed by atoms with Crippen molar-refractivity contribution in [2.45, 2.75) is 33.9 Å². The Morgan fingerprint density at radius 3 is 2.71 bits per heavy atom. The molecule has 0 spiro atoms. The number of ether oxygens (including phenoxy) is 1. The zero-order valence-electron chi connectivity index (χ0n) is 13.8. The first-order valence-electron chi connectivity index (χ1n) is 7.62. The van der Waals surface area contributed by atoms with Crippen molar-refractivity contribution in [3.8, 4) is 0 Å². The van der Waals surface area contributed by atoms with E-state index in [-0.39, 0.29) is 13.2 Å². The highest BCUT2D eigenvalue weighted by Crippen LogP contribution is 2.19. The molecule has 2 aromatic heterocycles. The Labute approximate surface area is 138 Å². The summed E-state index contributed by atoms with van der Waals surface area (Å²) in [7, 11) is 0.